The molecule has 1 spiro atoms. The molecule has 0 saturated heterocycles. The molecule has 4 fully saturated rings. The monoisotopic (exact) mass is 348 g/mol. The zero-order chi connectivity index (χ0) is 18.3. The second-order valence-corrected chi connectivity index (χ2v) is 10.4. The lowest BCUT2D eigenvalue weighted by atomic mass is 9.39. The highest BCUT2D eigenvalue weighted by Gasteiger charge is 2.71. The molecule has 0 aromatic carbocycles. The second-order valence-electron chi connectivity index (χ2n) is 10.4. The predicted octanol–water partition coefficient (Wildman–Crippen LogP) is 3.66. The molecule has 4 nitrogen and oxygen atoms in total. The molecule has 0 heterocycles. The van der Waals surface area contributed by atoms with Crippen LogP contribution in [0, 0.1) is 39.4 Å². The number of hydrogen-bond donors (Lipinski definition) is 2. The fraction of sp³-hybridized carbons (Fsp3) is 0.905. The van der Waals surface area contributed by atoms with Crippen molar-refractivity contribution in [3.63, 3.8) is 0 Å². The lowest BCUT2D eigenvalue weighted by molar-refractivity contribution is -0.187. The van der Waals surface area contributed by atoms with Gasteiger partial charge in [-0.2, -0.15) is 0 Å². The van der Waals surface area contributed by atoms with E-state index in [1.54, 1.807) is 0 Å². The molecule has 4 aliphatic carbocycles. The van der Waals surface area contributed by atoms with Gasteiger partial charge in [-0.25, -0.2) is 0 Å². The van der Waals surface area contributed by atoms with Crippen LogP contribution in [0.1, 0.15) is 72.1 Å². The minimum absolute atomic E-state index is 0.0315. The number of hydrogen-bond acceptors (Lipinski definition) is 3. The number of carboxylic acid groups (broad SMARTS) is 1. The van der Waals surface area contributed by atoms with Crippen molar-refractivity contribution < 1.29 is 19.8 Å². The molecule has 0 aliphatic heterocycles. The van der Waals surface area contributed by atoms with E-state index in [0.29, 0.717) is 5.92 Å². The Balaban J connectivity index is 1.80. The summed E-state index contributed by atoms with van der Waals surface area (Å²) in [5.74, 6) is -0.395. The summed E-state index contributed by atoms with van der Waals surface area (Å²) in [4.78, 5) is 24.1. The quantitative estimate of drug-likeness (QED) is 0.747. The standard InChI is InChI=1S/C21H32O4/c1-18-9-5-15-19(2)7-4-8-20(3,17(24)25)14(19)6-10-21(15,12-18)13(11-22)16(18)23/h11,13-16,23H,4-10,12H2,1-3H3,(H,24,25)/t13-,14+,15+,16-,18+,19-,20-,21-/m1/s1. The minimum atomic E-state index is -0.654. The van der Waals surface area contributed by atoms with Crippen LogP contribution in [0.15, 0.2) is 0 Å². The average Bonchev–Trinajstić information content (AvgIpc) is 2.69. The SMILES string of the molecule is C[C@]12CC[C@H]3[C@]4(C)CCC[C@@](C)(C(=O)O)[C@H]4CC[C@@]3(C1)[C@H](C=O)[C@H]2O. The number of carbonyl (C=O) groups is 2. The van der Waals surface area contributed by atoms with E-state index in [4.69, 9.17) is 0 Å². The zero-order valence-corrected chi connectivity index (χ0v) is 15.8. The molecule has 4 rings (SSSR count). The molecule has 8 atom stereocenters. The molecule has 0 radical (unpaired) electrons. The van der Waals surface area contributed by atoms with Crippen LogP contribution in [0.4, 0.5) is 0 Å². The van der Waals surface area contributed by atoms with Crippen LogP contribution in [-0.2, 0) is 9.59 Å². The summed E-state index contributed by atoms with van der Waals surface area (Å²) < 4.78 is 0. The molecule has 4 aliphatic rings. The molecule has 4 saturated carbocycles. The third-order valence-corrected chi connectivity index (χ3v) is 9.46. The molecular formula is C21H32O4. The van der Waals surface area contributed by atoms with Crippen molar-refractivity contribution in [1.82, 2.24) is 0 Å². The molecule has 2 N–H and O–H groups in total. The molecule has 25 heavy (non-hydrogen) atoms. The minimum Gasteiger partial charge on any atom is -0.481 e. The molecule has 0 unspecified atom stereocenters. The number of aliphatic hydroxyl groups is 1. The topological polar surface area (TPSA) is 74.6 Å². The molecular weight excluding hydrogens is 316 g/mol. The highest BCUT2D eigenvalue weighted by atomic mass is 16.4. The van der Waals surface area contributed by atoms with Gasteiger partial charge in [-0.1, -0.05) is 20.3 Å². The van der Waals surface area contributed by atoms with Crippen molar-refractivity contribution in [3.8, 4) is 0 Å². The van der Waals surface area contributed by atoms with Gasteiger partial charge in [0.15, 0.2) is 0 Å². The molecule has 140 valence electrons. The van der Waals surface area contributed by atoms with Crippen LogP contribution < -0.4 is 0 Å². The Morgan fingerprint density at radius 3 is 2.36 bits per heavy atom. The molecule has 0 aromatic heterocycles. The summed E-state index contributed by atoms with van der Waals surface area (Å²) in [6.07, 6.45) is 7.96. The first-order chi connectivity index (χ1) is 11.6. The summed E-state index contributed by atoms with van der Waals surface area (Å²) in [6.45, 7) is 6.40. The highest BCUT2D eigenvalue weighted by Crippen LogP contribution is 2.74. The number of carbonyl (C=O) groups excluding carboxylic acids is 1. The number of aliphatic hydroxyl groups excluding tert-OH is 1. The number of aliphatic carboxylic acids is 1. The van der Waals surface area contributed by atoms with Crippen molar-refractivity contribution in [2.24, 2.45) is 39.4 Å². The second kappa shape index (κ2) is 5.09. The summed E-state index contributed by atoms with van der Waals surface area (Å²) >= 11 is 0. The molecule has 0 amide bonds. The fourth-order valence-corrected chi connectivity index (χ4v) is 8.35. The van der Waals surface area contributed by atoms with E-state index in [1.165, 1.54) is 0 Å². The zero-order valence-electron chi connectivity index (χ0n) is 15.8. The Morgan fingerprint density at radius 2 is 1.72 bits per heavy atom. The smallest absolute Gasteiger partial charge is 0.309 e. The first-order valence-corrected chi connectivity index (χ1v) is 10.0. The number of carboxylic acids is 1. The van der Waals surface area contributed by atoms with E-state index in [9.17, 15) is 19.8 Å². The Labute approximate surface area is 150 Å². The Morgan fingerprint density at radius 1 is 1.04 bits per heavy atom. The van der Waals surface area contributed by atoms with Gasteiger partial charge in [0.2, 0.25) is 0 Å². The fourth-order valence-electron chi connectivity index (χ4n) is 8.35. The van der Waals surface area contributed by atoms with E-state index >= 15 is 0 Å². The maximum Gasteiger partial charge on any atom is 0.309 e. The Bertz CT molecular complexity index is 617. The van der Waals surface area contributed by atoms with E-state index < -0.39 is 17.5 Å². The van der Waals surface area contributed by atoms with Gasteiger partial charge in [0.25, 0.3) is 0 Å². The van der Waals surface area contributed by atoms with E-state index in [1.807, 2.05) is 6.92 Å². The van der Waals surface area contributed by atoms with Crippen LogP contribution in [-0.4, -0.2) is 28.6 Å². The Kier molecular flexibility index (Phi) is 3.56. The van der Waals surface area contributed by atoms with Gasteiger partial charge < -0.3 is 15.0 Å². The molecule has 4 heteroatoms. The first kappa shape index (κ1) is 17.5. The Hall–Kier alpha value is -0.900. The lowest BCUT2D eigenvalue weighted by Gasteiger charge is -2.64. The van der Waals surface area contributed by atoms with Crippen LogP contribution in [0.2, 0.25) is 0 Å². The van der Waals surface area contributed by atoms with Gasteiger partial charge in [0.1, 0.15) is 6.29 Å². The number of aldehydes is 1. The van der Waals surface area contributed by atoms with Crippen molar-refractivity contribution in [2.45, 2.75) is 78.2 Å². The van der Waals surface area contributed by atoms with E-state index in [2.05, 4.69) is 13.8 Å². The van der Waals surface area contributed by atoms with Crippen LogP contribution in [0.5, 0.6) is 0 Å². The predicted molar refractivity (Wildman–Crippen MR) is 93.9 cm³/mol. The van der Waals surface area contributed by atoms with Crippen LogP contribution in [0.3, 0.4) is 0 Å². The van der Waals surface area contributed by atoms with Crippen LogP contribution >= 0.6 is 0 Å². The van der Waals surface area contributed by atoms with Gasteiger partial charge in [0.05, 0.1) is 11.5 Å². The van der Waals surface area contributed by atoms with Crippen molar-refractivity contribution in [3.05, 3.63) is 0 Å². The van der Waals surface area contributed by atoms with Gasteiger partial charge in [0, 0.05) is 5.92 Å². The summed E-state index contributed by atoms with van der Waals surface area (Å²) in [5, 5.41) is 20.9. The maximum absolute atomic E-state index is 12.1. The lowest BCUT2D eigenvalue weighted by Crippen LogP contribution is -2.59. The van der Waals surface area contributed by atoms with Gasteiger partial charge in [-0.15, -0.1) is 0 Å². The largest absolute Gasteiger partial charge is 0.481 e. The number of rotatable bonds is 2. The molecule has 2 bridgehead atoms. The third kappa shape index (κ3) is 1.92. The van der Waals surface area contributed by atoms with E-state index in [0.717, 1.165) is 57.7 Å². The van der Waals surface area contributed by atoms with E-state index in [-0.39, 0.29) is 28.1 Å². The number of fused-ring (bicyclic) bond motifs is 3. The average molecular weight is 348 g/mol. The molecule has 0 aromatic rings. The summed E-state index contributed by atoms with van der Waals surface area (Å²) in [6, 6.07) is 0. The third-order valence-electron chi connectivity index (χ3n) is 9.46. The van der Waals surface area contributed by atoms with Crippen molar-refractivity contribution >= 4 is 12.3 Å². The van der Waals surface area contributed by atoms with Gasteiger partial charge >= 0.3 is 5.97 Å². The van der Waals surface area contributed by atoms with Crippen molar-refractivity contribution in [2.75, 3.05) is 0 Å². The van der Waals surface area contributed by atoms with Gasteiger partial charge in [-0.05, 0) is 80.0 Å². The first-order valence-electron chi connectivity index (χ1n) is 10.0. The normalized spacial score (nSPS) is 57.4. The summed E-state index contributed by atoms with van der Waals surface area (Å²) in [5.41, 5.74) is -0.939. The maximum atomic E-state index is 12.1. The van der Waals surface area contributed by atoms with Crippen molar-refractivity contribution in [1.29, 1.82) is 0 Å². The van der Waals surface area contributed by atoms with Gasteiger partial charge in [-0.3, -0.25) is 4.79 Å². The highest BCUT2D eigenvalue weighted by molar-refractivity contribution is 5.75. The van der Waals surface area contributed by atoms with Crippen LogP contribution in [0.25, 0.3) is 0 Å². The summed E-state index contributed by atoms with van der Waals surface area (Å²) in [7, 11) is 0.